The summed E-state index contributed by atoms with van der Waals surface area (Å²) in [6.07, 6.45) is 1.96. The number of hydrogen-bond donors (Lipinski definition) is 1. The maximum atomic E-state index is 12.9. The summed E-state index contributed by atoms with van der Waals surface area (Å²) < 4.78 is 1.61. The van der Waals surface area contributed by atoms with E-state index >= 15 is 0 Å². The fraction of sp³-hybridized carbons (Fsp3) is 0.318. The lowest BCUT2D eigenvalue weighted by molar-refractivity contribution is -0.133. The van der Waals surface area contributed by atoms with Crippen molar-refractivity contribution in [3.05, 3.63) is 66.0 Å². The molecule has 0 spiro atoms. The van der Waals surface area contributed by atoms with Gasteiger partial charge in [-0.1, -0.05) is 36.4 Å². The van der Waals surface area contributed by atoms with Gasteiger partial charge in [-0.2, -0.15) is 4.68 Å². The quantitative estimate of drug-likeness (QED) is 0.705. The van der Waals surface area contributed by atoms with E-state index in [4.69, 9.17) is 0 Å². The van der Waals surface area contributed by atoms with Gasteiger partial charge in [-0.3, -0.25) is 9.59 Å². The maximum Gasteiger partial charge on any atom is 0.229 e. The summed E-state index contributed by atoms with van der Waals surface area (Å²) in [5.41, 5.74) is 2.45. The number of benzene rings is 2. The van der Waals surface area contributed by atoms with Crippen LogP contribution >= 0.6 is 0 Å². The predicted octanol–water partition coefficient (Wildman–Crippen LogP) is 2.39. The molecular weight excluding hydrogens is 380 g/mol. The molecule has 0 bridgehead atoms. The van der Waals surface area contributed by atoms with E-state index in [1.807, 2.05) is 66.4 Å². The highest BCUT2D eigenvalue weighted by atomic mass is 16.2. The Morgan fingerprint density at radius 3 is 2.73 bits per heavy atom. The Balaban J connectivity index is 1.39. The van der Waals surface area contributed by atoms with Crippen LogP contribution in [0.5, 0.6) is 0 Å². The molecule has 2 amide bonds. The van der Waals surface area contributed by atoms with Crippen molar-refractivity contribution in [2.75, 3.05) is 18.4 Å². The molecule has 8 heteroatoms. The van der Waals surface area contributed by atoms with Crippen molar-refractivity contribution in [3.8, 4) is 5.69 Å². The largest absolute Gasteiger partial charge is 0.342 e. The molecule has 2 aromatic carbocycles. The first kappa shape index (κ1) is 19.8. The minimum Gasteiger partial charge on any atom is -0.342 e. The predicted molar refractivity (Wildman–Crippen MR) is 112 cm³/mol. The number of carbonyl (C=O) groups excluding carboxylic acids is 2. The molecule has 0 radical (unpaired) electrons. The Bertz CT molecular complexity index is 1030. The number of tetrazole rings is 1. The number of rotatable bonds is 5. The molecule has 1 aliphatic heterocycles. The van der Waals surface area contributed by atoms with Crippen LogP contribution in [0, 0.1) is 12.8 Å². The van der Waals surface area contributed by atoms with Gasteiger partial charge in [-0.05, 0) is 54.0 Å². The molecular formula is C22H24N6O2. The van der Waals surface area contributed by atoms with Crippen LogP contribution in [0.15, 0.2) is 54.6 Å². The number of piperidine rings is 1. The van der Waals surface area contributed by atoms with Gasteiger partial charge < -0.3 is 10.2 Å². The van der Waals surface area contributed by atoms with Crippen molar-refractivity contribution < 1.29 is 9.59 Å². The standard InChI is InChI=1S/C22H24N6O2/c1-16-24-25-26-28(16)20-11-5-10-19(14-20)23-22(30)18-9-6-12-27(15-18)21(29)13-17-7-3-2-4-8-17/h2-5,7-8,10-11,14,18H,6,9,12-13,15H2,1H3,(H,23,30)/t18-/m0/s1. The molecule has 1 N–H and O–H groups in total. The second kappa shape index (κ2) is 8.86. The van der Waals surface area contributed by atoms with Crippen LogP contribution in [0.4, 0.5) is 5.69 Å². The smallest absolute Gasteiger partial charge is 0.229 e. The number of likely N-dealkylation sites (tertiary alicyclic amines) is 1. The van der Waals surface area contributed by atoms with Gasteiger partial charge >= 0.3 is 0 Å². The monoisotopic (exact) mass is 404 g/mol. The van der Waals surface area contributed by atoms with E-state index in [0.717, 1.165) is 24.1 Å². The number of aryl methyl sites for hydroxylation is 1. The number of amides is 2. The van der Waals surface area contributed by atoms with Crippen LogP contribution in [0.3, 0.4) is 0 Å². The molecule has 1 aliphatic rings. The zero-order valence-electron chi connectivity index (χ0n) is 16.9. The molecule has 0 unspecified atom stereocenters. The molecule has 0 saturated carbocycles. The van der Waals surface area contributed by atoms with E-state index in [9.17, 15) is 9.59 Å². The topological polar surface area (TPSA) is 93.0 Å². The second-order valence-corrected chi connectivity index (χ2v) is 7.52. The third-order valence-electron chi connectivity index (χ3n) is 5.33. The van der Waals surface area contributed by atoms with Crippen molar-refractivity contribution in [2.45, 2.75) is 26.2 Å². The van der Waals surface area contributed by atoms with Gasteiger partial charge in [0.05, 0.1) is 18.0 Å². The normalized spacial score (nSPS) is 16.3. The van der Waals surface area contributed by atoms with Crippen molar-refractivity contribution in [3.63, 3.8) is 0 Å². The van der Waals surface area contributed by atoms with E-state index in [0.29, 0.717) is 31.0 Å². The van der Waals surface area contributed by atoms with Crippen molar-refractivity contribution in [2.24, 2.45) is 5.92 Å². The third-order valence-corrected chi connectivity index (χ3v) is 5.33. The van der Waals surface area contributed by atoms with Crippen molar-refractivity contribution in [1.82, 2.24) is 25.1 Å². The van der Waals surface area contributed by atoms with Gasteiger partial charge in [-0.25, -0.2) is 0 Å². The molecule has 1 aromatic heterocycles. The van der Waals surface area contributed by atoms with Gasteiger partial charge in [0, 0.05) is 18.8 Å². The third kappa shape index (κ3) is 4.53. The summed E-state index contributed by atoms with van der Waals surface area (Å²) in [7, 11) is 0. The highest BCUT2D eigenvalue weighted by Crippen LogP contribution is 2.21. The molecule has 1 fully saturated rings. The SMILES string of the molecule is Cc1nnnn1-c1cccc(NC(=O)[C@H]2CCCN(C(=O)Cc3ccccc3)C2)c1. The van der Waals surface area contributed by atoms with Crippen LogP contribution in [0.25, 0.3) is 5.69 Å². The summed E-state index contributed by atoms with van der Waals surface area (Å²) in [5, 5.41) is 14.5. The maximum absolute atomic E-state index is 12.9. The van der Waals surface area contributed by atoms with E-state index in [2.05, 4.69) is 20.8 Å². The molecule has 154 valence electrons. The van der Waals surface area contributed by atoms with Crippen LogP contribution in [-0.4, -0.2) is 50.0 Å². The molecule has 1 atom stereocenters. The van der Waals surface area contributed by atoms with Gasteiger partial charge in [0.2, 0.25) is 11.8 Å². The molecule has 8 nitrogen and oxygen atoms in total. The Morgan fingerprint density at radius 1 is 1.13 bits per heavy atom. The highest BCUT2D eigenvalue weighted by molar-refractivity contribution is 5.93. The summed E-state index contributed by atoms with van der Waals surface area (Å²) in [5.74, 6) is 0.433. The van der Waals surface area contributed by atoms with E-state index in [1.54, 1.807) is 4.68 Å². The van der Waals surface area contributed by atoms with Crippen LogP contribution in [0.1, 0.15) is 24.2 Å². The van der Waals surface area contributed by atoms with E-state index in [1.165, 1.54) is 0 Å². The Morgan fingerprint density at radius 2 is 1.97 bits per heavy atom. The second-order valence-electron chi connectivity index (χ2n) is 7.52. The molecule has 3 aromatic rings. The molecule has 0 aliphatic carbocycles. The molecule has 2 heterocycles. The number of nitrogens with zero attached hydrogens (tertiary/aromatic N) is 5. The summed E-state index contributed by atoms with van der Waals surface area (Å²) in [6, 6.07) is 17.1. The first-order valence-corrected chi connectivity index (χ1v) is 10.1. The highest BCUT2D eigenvalue weighted by Gasteiger charge is 2.28. The number of anilines is 1. The van der Waals surface area contributed by atoms with Gasteiger partial charge in [-0.15, -0.1) is 5.10 Å². The Hall–Kier alpha value is -3.55. The summed E-state index contributed by atoms with van der Waals surface area (Å²) >= 11 is 0. The van der Waals surface area contributed by atoms with E-state index < -0.39 is 0 Å². The minimum absolute atomic E-state index is 0.0647. The number of carbonyl (C=O) groups is 2. The fourth-order valence-corrected chi connectivity index (χ4v) is 3.73. The first-order valence-electron chi connectivity index (χ1n) is 10.1. The minimum atomic E-state index is -0.225. The number of nitrogens with one attached hydrogen (secondary N) is 1. The van der Waals surface area contributed by atoms with Gasteiger partial charge in [0.15, 0.2) is 5.82 Å². The Kier molecular flexibility index (Phi) is 5.83. The number of aromatic nitrogens is 4. The van der Waals surface area contributed by atoms with Gasteiger partial charge in [0.25, 0.3) is 0 Å². The summed E-state index contributed by atoms with van der Waals surface area (Å²) in [6.45, 7) is 2.96. The first-order chi connectivity index (χ1) is 14.6. The lowest BCUT2D eigenvalue weighted by Gasteiger charge is -2.32. The summed E-state index contributed by atoms with van der Waals surface area (Å²) in [4.78, 5) is 27.3. The van der Waals surface area contributed by atoms with Gasteiger partial charge in [0.1, 0.15) is 0 Å². The zero-order valence-corrected chi connectivity index (χ0v) is 16.9. The average molecular weight is 404 g/mol. The average Bonchev–Trinajstić information content (AvgIpc) is 3.20. The Labute approximate surface area is 174 Å². The van der Waals surface area contributed by atoms with Crippen LogP contribution < -0.4 is 5.32 Å². The molecule has 4 rings (SSSR count). The van der Waals surface area contributed by atoms with E-state index in [-0.39, 0.29) is 17.7 Å². The van der Waals surface area contributed by atoms with Crippen LogP contribution in [0.2, 0.25) is 0 Å². The lowest BCUT2D eigenvalue weighted by atomic mass is 9.96. The van der Waals surface area contributed by atoms with Crippen molar-refractivity contribution in [1.29, 1.82) is 0 Å². The van der Waals surface area contributed by atoms with Crippen LogP contribution in [-0.2, 0) is 16.0 Å². The zero-order chi connectivity index (χ0) is 20.9. The molecule has 30 heavy (non-hydrogen) atoms. The van der Waals surface area contributed by atoms with Crippen molar-refractivity contribution >= 4 is 17.5 Å². The lowest BCUT2D eigenvalue weighted by Crippen LogP contribution is -2.44. The fourth-order valence-electron chi connectivity index (χ4n) is 3.73. The number of hydrogen-bond acceptors (Lipinski definition) is 5. The molecule has 1 saturated heterocycles.